The van der Waals surface area contributed by atoms with E-state index in [-0.39, 0.29) is 19.4 Å². The Kier molecular flexibility index (Phi) is 39.3. The van der Waals surface area contributed by atoms with E-state index in [0.29, 0.717) is 12.8 Å². The van der Waals surface area contributed by atoms with Crippen molar-refractivity contribution < 1.29 is 37.9 Å². The van der Waals surface area contributed by atoms with Gasteiger partial charge in [-0.05, 0) is 96.3 Å². The van der Waals surface area contributed by atoms with Crippen molar-refractivity contribution in [1.29, 1.82) is 0 Å². The third-order valence-corrected chi connectivity index (χ3v) is 9.07. The normalized spacial score (nSPS) is 13.4. The second-order valence-corrected chi connectivity index (χ2v) is 15.2. The summed E-state index contributed by atoms with van der Waals surface area (Å²) in [5.41, 5.74) is 0. The largest absolute Gasteiger partial charge is 0.469 e. The van der Waals surface area contributed by atoms with Crippen LogP contribution in [0, 0.1) is 0 Å². The summed E-state index contributed by atoms with van der Waals surface area (Å²) in [7, 11) is -4.78. The molecular formula is C47H77O8P. The highest BCUT2D eigenvalue weighted by molar-refractivity contribution is 7.46. The van der Waals surface area contributed by atoms with Crippen molar-refractivity contribution >= 4 is 19.8 Å². The summed E-state index contributed by atoms with van der Waals surface area (Å²) in [6.07, 6.45) is 56.9. The Morgan fingerprint density at radius 1 is 0.482 bits per heavy atom. The van der Waals surface area contributed by atoms with Crippen LogP contribution in [-0.4, -0.2) is 41.0 Å². The van der Waals surface area contributed by atoms with E-state index in [0.717, 1.165) is 103 Å². The number of hydrogen-bond donors (Lipinski definition) is 2. The number of ether oxygens (including phenoxy) is 2. The number of carbonyl (C=O) groups is 2. The maximum atomic E-state index is 12.4. The van der Waals surface area contributed by atoms with Crippen LogP contribution in [0.15, 0.2) is 97.2 Å². The quantitative estimate of drug-likeness (QED) is 0.0274. The van der Waals surface area contributed by atoms with Crippen LogP contribution in [0.4, 0.5) is 0 Å². The average molecular weight is 801 g/mol. The zero-order valence-corrected chi connectivity index (χ0v) is 35.9. The van der Waals surface area contributed by atoms with E-state index in [1.165, 1.54) is 25.7 Å². The summed E-state index contributed by atoms with van der Waals surface area (Å²) >= 11 is 0. The Hall–Kier alpha value is -3.03. The molecule has 8 nitrogen and oxygen atoms in total. The average Bonchev–Trinajstić information content (AvgIpc) is 3.17. The molecule has 0 saturated carbocycles. The Morgan fingerprint density at radius 2 is 0.857 bits per heavy atom. The van der Waals surface area contributed by atoms with E-state index in [4.69, 9.17) is 19.3 Å². The van der Waals surface area contributed by atoms with E-state index < -0.39 is 32.5 Å². The molecule has 0 aromatic carbocycles. The van der Waals surface area contributed by atoms with E-state index in [1.807, 2.05) is 0 Å². The van der Waals surface area contributed by atoms with E-state index in [9.17, 15) is 14.2 Å². The van der Waals surface area contributed by atoms with Gasteiger partial charge >= 0.3 is 19.8 Å². The van der Waals surface area contributed by atoms with Gasteiger partial charge in [0.05, 0.1) is 6.61 Å². The number of carbonyl (C=O) groups excluding carboxylic acids is 2. The zero-order chi connectivity index (χ0) is 41.1. The molecule has 56 heavy (non-hydrogen) atoms. The van der Waals surface area contributed by atoms with Gasteiger partial charge in [0.25, 0.3) is 0 Å². The number of phosphoric acid groups is 1. The first-order valence-electron chi connectivity index (χ1n) is 21.5. The molecule has 0 heterocycles. The van der Waals surface area contributed by atoms with Gasteiger partial charge in [0, 0.05) is 12.8 Å². The monoisotopic (exact) mass is 801 g/mol. The van der Waals surface area contributed by atoms with E-state index >= 15 is 0 Å². The number of phosphoric ester groups is 1. The molecule has 0 aliphatic carbocycles. The highest BCUT2D eigenvalue weighted by Crippen LogP contribution is 2.36. The van der Waals surface area contributed by atoms with E-state index in [2.05, 4.69) is 116 Å². The predicted octanol–water partition coefficient (Wildman–Crippen LogP) is 13.4. The van der Waals surface area contributed by atoms with Gasteiger partial charge in [0.2, 0.25) is 0 Å². The first-order valence-corrected chi connectivity index (χ1v) is 23.1. The molecule has 0 aromatic heterocycles. The topological polar surface area (TPSA) is 119 Å². The number of hydrogen-bond acceptors (Lipinski definition) is 6. The smallest absolute Gasteiger partial charge is 0.462 e. The first-order chi connectivity index (χ1) is 27.3. The van der Waals surface area contributed by atoms with Crippen molar-refractivity contribution in [3.63, 3.8) is 0 Å². The number of allylic oxidation sites excluding steroid dienone is 16. The van der Waals surface area contributed by atoms with Crippen LogP contribution in [0.3, 0.4) is 0 Å². The molecule has 0 bridgehead atoms. The standard InChI is InChI=1S/C47H77O8P/c1-3-5-7-9-11-13-15-17-19-21-23-25-27-29-31-33-35-37-39-41-46(48)53-43-45(44-54-56(50,51)52)55-47(49)42-40-38-36-34-32-30-28-26-24-22-20-18-16-14-12-10-8-6-4-2/h6,8,11-14,17-20,23-26,30,32,45H,3-5,7,9-10,15-16,21-22,27-29,31,33-44H2,1-2H3,(H2,50,51,52)/b8-6-,13-11-,14-12-,19-17-,20-18-,25-23-,26-24-,32-30-. The molecule has 2 N–H and O–H groups in total. The Balaban J connectivity index is 4.03. The predicted molar refractivity (Wildman–Crippen MR) is 234 cm³/mol. The number of esters is 2. The molecule has 0 aliphatic rings. The Labute approximate surface area is 341 Å². The fourth-order valence-electron chi connectivity index (χ4n) is 5.40. The van der Waals surface area contributed by atoms with Crippen LogP contribution in [0.2, 0.25) is 0 Å². The van der Waals surface area contributed by atoms with Crippen molar-refractivity contribution in [1.82, 2.24) is 0 Å². The van der Waals surface area contributed by atoms with Gasteiger partial charge in [-0.2, -0.15) is 0 Å². The minimum absolute atomic E-state index is 0.164. The molecule has 0 saturated heterocycles. The SMILES string of the molecule is CC/C=C\C/C=C\C/C=C\C/C=C\C/C=C\CCCCCC(=O)OC(COC(=O)CCCCCCCC/C=C\C/C=C\C/C=C\CCCCC)COP(=O)(O)O. The minimum Gasteiger partial charge on any atom is -0.462 e. The zero-order valence-electron chi connectivity index (χ0n) is 35.0. The lowest BCUT2D eigenvalue weighted by molar-refractivity contribution is -0.161. The molecule has 0 rings (SSSR count). The highest BCUT2D eigenvalue weighted by atomic mass is 31.2. The molecule has 1 unspecified atom stereocenters. The summed E-state index contributed by atoms with van der Waals surface area (Å²) < 4.78 is 26.4. The number of rotatable bonds is 38. The van der Waals surface area contributed by atoms with Crippen molar-refractivity contribution in [3.8, 4) is 0 Å². The van der Waals surface area contributed by atoms with Gasteiger partial charge in [-0.3, -0.25) is 14.1 Å². The second-order valence-electron chi connectivity index (χ2n) is 13.9. The summed E-state index contributed by atoms with van der Waals surface area (Å²) in [5.74, 6) is -0.946. The lowest BCUT2D eigenvalue weighted by atomic mass is 10.1. The fraction of sp³-hybridized carbons (Fsp3) is 0.617. The minimum atomic E-state index is -4.78. The van der Waals surface area contributed by atoms with Crippen LogP contribution >= 0.6 is 7.82 Å². The third kappa shape index (κ3) is 43.7. The number of unbranched alkanes of at least 4 members (excludes halogenated alkanes) is 12. The van der Waals surface area contributed by atoms with Gasteiger partial charge < -0.3 is 19.3 Å². The summed E-state index contributed by atoms with van der Waals surface area (Å²) in [6, 6.07) is 0. The third-order valence-electron chi connectivity index (χ3n) is 8.59. The van der Waals surface area contributed by atoms with Crippen molar-refractivity contribution in [2.75, 3.05) is 13.2 Å². The van der Waals surface area contributed by atoms with Crippen molar-refractivity contribution in [2.45, 2.75) is 174 Å². The molecule has 318 valence electrons. The molecule has 0 fully saturated rings. The van der Waals surface area contributed by atoms with Gasteiger partial charge in [-0.1, -0.05) is 156 Å². The summed E-state index contributed by atoms with van der Waals surface area (Å²) in [6.45, 7) is 3.50. The maximum absolute atomic E-state index is 12.4. The lowest BCUT2D eigenvalue weighted by Crippen LogP contribution is -2.29. The lowest BCUT2D eigenvalue weighted by Gasteiger charge is -2.18. The molecule has 1 atom stereocenters. The Morgan fingerprint density at radius 3 is 1.30 bits per heavy atom. The molecular weight excluding hydrogens is 723 g/mol. The first kappa shape index (κ1) is 53.0. The van der Waals surface area contributed by atoms with Crippen LogP contribution in [0.1, 0.15) is 168 Å². The summed E-state index contributed by atoms with van der Waals surface area (Å²) in [4.78, 5) is 42.9. The van der Waals surface area contributed by atoms with Gasteiger partial charge in [0.1, 0.15) is 6.61 Å². The van der Waals surface area contributed by atoms with Crippen LogP contribution in [0.5, 0.6) is 0 Å². The van der Waals surface area contributed by atoms with Gasteiger partial charge in [-0.15, -0.1) is 0 Å². The van der Waals surface area contributed by atoms with E-state index in [1.54, 1.807) is 0 Å². The van der Waals surface area contributed by atoms with Crippen LogP contribution in [-0.2, 0) is 28.2 Å². The molecule has 0 aliphatic heterocycles. The molecule has 0 amide bonds. The maximum Gasteiger partial charge on any atom is 0.469 e. The van der Waals surface area contributed by atoms with Crippen molar-refractivity contribution in [3.05, 3.63) is 97.2 Å². The van der Waals surface area contributed by atoms with Crippen LogP contribution in [0.25, 0.3) is 0 Å². The molecule has 9 heteroatoms. The van der Waals surface area contributed by atoms with Gasteiger partial charge in [0.15, 0.2) is 6.10 Å². The van der Waals surface area contributed by atoms with Gasteiger partial charge in [-0.25, -0.2) is 4.57 Å². The summed E-state index contributed by atoms with van der Waals surface area (Å²) in [5, 5.41) is 0. The molecule has 0 spiro atoms. The molecule has 0 radical (unpaired) electrons. The fourth-order valence-corrected chi connectivity index (χ4v) is 5.77. The second kappa shape index (κ2) is 41.6. The molecule has 0 aromatic rings. The van der Waals surface area contributed by atoms with Crippen LogP contribution < -0.4 is 0 Å². The Bertz CT molecular complexity index is 1220. The highest BCUT2D eigenvalue weighted by Gasteiger charge is 2.22. The van der Waals surface area contributed by atoms with Crippen molar-refractivity contribution in [2.24, 2.45) is 0 Å².